The molecule has 0 spiro atoms. The summed E-state index contributed by atoms with van der Waals surface area (Å²) in [6, 6.07) is 5.16. The minimum Gasteiger partial charge on any atom is -0.389 e. The maximum absolute atomic E-state index is 13.7. The van der Waals surface area contributed by atoms with E-state index in [1.165, 1.54) is 24.7 Å². The molecule has 0 amide bonds. The number of nitrogens with one attached hydrogen (secondary N) is 1. The summed E-state index contributed by atoms with van der Waals surface area (Å²) < 4.78 is 40.5. The van der Waals surface area contributed by atoms with Gasteiger partial charge in [0, 0.05) is 6.20 Å². The molecule has 9 heteroatoms. The molecule has 21 heavy (non-hydrogen) atoms. The first-order valence-electron chi connectivity index (χ1n) is 5.74. The number of thiocarbonyl (C=S) groups is 1. The van der Waals surface area contributed by atoms with Crippen LogP contribution in [0.2, 0.25) is 0 Å². The molecular formula is C12H11FN4O2S2. The van der Waals surface area contributed by atoms with E-state index < -0.39 is 15.8 Å². The minimum absolute atomic E-state index is 0.0574. The monoisotopic (exact) mass is 326 g/mol. The summed E-state index contributed by atoms with van der Waals surface area (Å²) in [6.07, 6.45) is 2.78. The molecule has 0 radical (unpaired) electrons. The van der Waals surface area contributed by atoms with Crippen molar-refractivity contribution in [2.24, 2.45) is 5.73 Å². The number of hydrogen-bond donors (Lipinski definition) is 2. The van der Waals surface area contributed by atoms with E-state index in [0.29, 0.717) is 5.69 Å². The molecule has 2 rings (SSSR count). The number of nitrogens with two attached hydrogens (primary N) is 1. The summed E-state index contributed by atoms with van der Waals surface area (Å²) in [7, 11) is -3.97. The smallest absolute Gasteiger partial charge is 0.241 e. The zero-order valence-electron chi connectivity index (χ0n) is 10.7. The third kappa shape index (κ3) is 3.57. The molecule has 6 nitrogen and oxygen atoms in total. The maximum atomic E-state index is 13.7. The van der Waals surface area contributed by atoms with Crippen molar-refractivity contribution in [2.45, 2.75) is 11.4 Å². The molecule has 0 unspecified atom stereocenters. The van der Waals surface area contributed by atoms with Crippen molar-refractivity contribution in [3.8, 4) is 0 Å². The van der Waals surface area contributed by atoms with E-state index in [0.717, 1.165) is 6.07 Å². The molecular weight excluding hydrogens is 315 g/mol. The van der Waals surface area contributed by atoms with Crippen molar-refractivity contribution in [3.63, 3.8) is 0 Å². The van der Waals surface area contributed by atoms with Gasteiger partial charge in [-0.3, -0.25) is 0 Å². The van der Waals surface area contributed by atoms with Crippen LogP contribution in [0.25, 0.3) is 0 Å². The Morgan fingerprint density at radius 2 is 2.14 bits per heavy atom. The van der Waals surface area contributed by atoms with Crippen LogP contribution >= 0.6 is 12.2 Å². The first-order valence-corrected chi connectivity index (χ1v) is 7.64. The Kier molecular flexibility index (Phi) is 4.56. The van der Waals surface area contributed by atoms with E-state index in [1.54, 1.807) is 6.07 Å². The van der Waals surface area contributed by atoms with Gasteiger partial charge in [-0.2, -0.15) is 0 Å². The van der Waals surface area contributed by atoms with Gasteiger partial charge in [-0.25, -0.2) is 27.5 Å². The van der Waals surface area contributed by atoms with Gasteiger partial charge in [0.1, 0.15) is 17.1 Å². The Hall–Kier alpha value is -1.97. The fourth-order valence-electron chi connectivity index (χ4n) is 1.64. The number of rotatable bonds is 5. The van der Waals surface area contributed by atoms with Crippen LogP contribution in [-0.4, -0.2) is 23.4 Å². The fourth-order valence-corrected chi connectivity index (χ4v) is 3.14. The molecule has 0 bridgehead atoms. The van der Waals surface area contributed by atoms with E-state index >= 15 is 0 Å². The molecule has 0 aliphatic carbocycles. The van der Waals surface area contributed by atoms with Crippen LogP contribution in [0.1, 0.15) is 11.3 Å². The third-order valence-corrected chi connectivity index (χ3v) is 4.25. The minimum atomic E-state index is -3.97. The molecule has 0 saturated carbocycles. The van der Waals surface area contributed by atoms with Crippen molar-refractivity contribution in [3.05, 3.63) is 53.9 Å². The van der Waals surface area contributed by atoms with Gasteiger partial charge in [0.05, 0.1) is 22.7 Å². The molecule has 0 fully saturated rings. The lowest BCUT2D eigenvalue weighted by Gasteiger charge is -2.11. The predicted octanol–water partition coefficient (Wildman–Crippen LogP) is 0.728. The number of sulfonamides is 1. The molecule has 1 aromatic carbocycles. The average Bonchev–Trinajstić information content (AvgIpc) is 2.46. The molecule has 3 N–H and O–H groups in total. The Morgan fingerprint density at radius 3 is 2.76 bits per heavy atom. The van der Waals surface area contributed by atoms with Gasteiger partial charge < -0.3 is 5.73 Å². The summed E-state index contributed by atoms with van der Waals surface area (Å²) in [5.41, 5.74) is 5.57. The molecule has 2 aromatic rings. The number of nitrogens with zero attached hydrogens (tertiary/aromatic N) is 2. The molecule has 0 aliphatic heterocycles. The topological polar surface area (TPSA) is 98.0 Å². The number of aromatic nitrogens is 2. The van der Waals surface area contributed by atoms with Crippen molar-refractivity contribution in [1.82, 2.24) is 14.7 Å². The maximum Gasteiger partial charge on any atom is 0.241 e. The highest BCUT2D eigenvalue weighted by molar-refractivity contribution is 7.89. The van der Waals surface area contributed by atoms with Crippen molar-refractivity contribution in [1.29, 1.82) is 0 Å². The first kappa shape index (κ1) is 15.4. The van der Waals surface area contributed by atoms with Crippen LogP contribution in [0.5, 0.6) is 0 Å². The lowest BCUT2D eigenvalue weighted by atomic mass is 10.2. The molecule has 1 aromatic heterocycles. The second-order valence-electron chi connectivity index (χ2n) is 4.00. The first-order chi connectivity index (χ1) is 9.92. The van der Waals surface area contributed by atoms with E-state index in [1.807, 2.05) is 0 Å². The Bertz CT molecular complexity index is 766. The van der Waals surface area contributed by atoms with E-state index in [-0.39, 0.29) is 22.0 Å². The van der Waals surface area contributed by atoms with Crippen LogP contribution in [-0.2, 0) is 16.6 Å². The highest BCUT2D eigenvalue weighted by Gasteiger charge is 2.22. The van der Waals surface area contributed by atoms with Crippen LogP contribution in [0.4, 0.5) is 4.39 Å². The number of halogens is 1. The van der Waals surface area contributed by atoms with Crippen molar-refractivity contribution >= 4 is 27.2 Å². The Balaban J connectivity index is 2.32. The molecule has 0 aliphatic rings. The summed E-state index contributed by atoms with van der Waals surface area (Å²) in [5.74, 6) is -0.785. The second kappa shape index (κ2) is 6.20. The lowest BCUT2D eigenvalue weighted by molar-refractivity contribution is 0.576. The summed E-state index contributed by atoms with van der Waals surface area (Å²) in [5, 5.41) is 0. The highest BCUT2D eigenvalue weighted by atomic mass is 32.2. The lowest BCUT2D eigenvalue weighted by Crippen LogP contribution is -2.27. The number of hydrogen-bond acceptors (Lipinski definition) is 5. The molecule has 1 heterocycles. The van der Waals surface area contributed by atoms with E-state index in [2.05, 4.69) is 14.7 Å². The van der Waals surface area contributed by atoms with Gasteiger partial charge >= 0.3 is 0 Å². The van der Waals surface area contributed by atoms with Gasteiger partial charge in [0.2, 0.25) is 10.0 Å². The fraction of sp³-hybridized carbons (Fsp3) is 0.0833. The summed E-state index contributed by atoms with van der Waals surface area (Å²) in [4.78, 5) is 6.99. The normalized spacial score (nSPS) is 11.3. The quantitative estimate of drug-likeness (QED) is 0.786. The van der Waals surface area contributed by atoms with Crippen LogP contribution in [0.15, 0.2) is 41.7 Å². The zero-order chi connectivity index (χ0) is 15.5. The summed E-state index contributed by atoms with van der Waals surface area (Å²) in [6.45, 7) is -0.0574. The van der Waals surface area contributed by atoms with Crippen molar-refractivity contribution in [2.75, 3.05) is 0 Å². The average molecular weight is 326 g/mol. The van der Waals surface area contributed by atoms with Crippen LogP contribution in [0, 0.1) is 5.82 Å². The zero-order valence-corrected chi connectivity index (χ0v) is 12.3. The van der Waals surface area contributed by atoms with Gasteiger partial charge in [-0.15, -0.1) is 0 Å². The van der Waals surface area contributed by atoms with Gasteiger partial charge in [0.15, 0.2) is 0 Å². The second-order valence-corrected chi connectivity index (χ2v) is 6.18. The van der Waals surface area contributed by atoms with E-state index in [9.17, 15) is 12.8 Å². The predicted molar refractivity (Wildman–Crippen MR) is 78.3 cm³/mol. The SMILES string of the molecule is NC(=S)c1c(F)cccc1S(=O)(=O)NCc1ccncn1. The standard InChI is InChI=1S/C12H11FN4O2S2/c13-9-2-1-3-10(11(9)12(14)20)21(18,19)17-6-8-4-5-15-7-16-8/h1-5,7,17H,6H2,(H2,14,20). The Morgan fingerprint density at radius 1 is 1.38 bits per heavy atom. The van der Waals surface area contributed by atoms with E-state index in [4.69, 9.17) is 18.0 Å². The third-order valence-electron chi connectivity index (χ3n) is 2.60. The molecule has 0 saturated heterocycles. The molecule has 110 valence electrons. The van der Waals surface area contributed by atoms with Crippen molar-refractivity contribution < 1.29 is 12.8 Å². The van der Waals surface area contributed by atoms with Gasteiger partial charge in [0.25, 0.3) is 0 Å². The Labute approximate surface area is 126 Å². The highest BCUT2D eigenvalue weighted by Crippen LogP contribution is 2.19. The van der Waals surface area contributed by atoms with Crippen LogP contribution in [0.3, 0.4) is 0 Å². The van der Waals surface area contributed by atoms with Gasteiger partial charge in [-0.05, 0) is 18.2 Å². The van der Waals surface area contributed by atoms with Crippen LogP contribution < -0.4 is 10.5 Å². The summed E-state index contributed by atoms with van der Waals surface area (Å²) >= 11 is 4.71. The molecule has 0 atom stereocenters. The number of benzene rings is 1. The largest absolute Gasteiger partial charge is 0.389 e. The van der Waals surface area contributed by atoms with Gasteiger partial charge in [-0.1, -0.05) is 18.3 Å².